The highest BCUT2D eigenvalue weighted by atomic mass is 16.1. The number of amides is 1. The zero-order valence-electron chi connectivity index (χ0n) is 16.4. The van der Waals surface area contributed by atoms with Gasteiger partial charge >= 0.3 is 0 Å². The van der Waals surface area contributed by atoms with Crippen molar-refractivity contribution in [2.45, 2.75) is 6.54 Å². The van der Waals surface area contributed by atoms with Crippen LogP contribution in [0.1, 0.15) is 15.9 Å². The maximum Gasteiger partial charge on any atom is 0.251 e. The molecule has 5 nitrogen and oxygen atoms in total. The third-order valence-corrected chi connectivity index (χ3v) is 5.07. The summed E-state index contributed by atoms with van der Waals surface area (Å²) in [6.45, 7) is 6.88. The van der Waals surface area contributed by atoms with Crippen molar-refractivity contribution in [2.24, 2.45) is 0 Å². The molecule has 27 heavy (non-hydrogen) atoms. The molecular weight excluding hydrogens is 336 g/mol. The molecule has 2 aromatic carbocycles. The van der Waals surface area contributed by atoms with E-state index in [1.54, 1.807) is 0 Å². The number of nitrogens with zero attached hydrogens (tertiary/aromatic N) is 3. The number of carbonyl (C=O) groups is 1. The molecule has 0 bridgehead atoms. The van der Waals surface area contributed by atoms with Gasteiger partial charge < -0.3 is 10.2 Å². The van der Waals surface area contributed by atoms with Gasteiger partial charge in [-0.25, -0.2) is 0 Å². The number of hydrogen-bond acceptors (Lipinski definition) is 4. The van der Waals surface area contributed by atoms with Crippen molar-refractivity contribution in [1.82, 2.24) is 15.1 Å². The molecule has 1 saturated heterocycles. The summed E-state index contributed by atoms with van der Waals surface area (Å²) < 4.78 is 0. The van der Waals surface area contributed by atoms with Crippen LogP contribution < -0.4 is 10.2 Å². The first-order valence-electron chi connectivity index (χ1n) is 9.66. The molecule has 144 valence electrons. The molecule has 3 rings (SSSR count). The lowest BCUT2D eigenvalue weighted by Gasteiger charge is -2.34. The Morgan fingerprint density at radius 3 is 2.19 bits per heavy atom. The third-order valence-electron chi connectivity index (χ3n) is 5.07. The van der Waals surface area contributed by atoms with Crippen LogP contribution in [0.5, 0.6) is 0 Å². The summed E-state index contributed by atoms with van der Waals surface area (Å²) in [5, 5.41) is 3.04. The number of anilines is 1. The minimum Gasteiger partial charge on any atom is -0.378 e. The molecule has 0 aliphatic carbocycles. The molecule has 0 aromatic heterocycles. The van der Waals surface area contributed by atoms with Gasteiger partial charge in [0.2, 0.25) is 0 Å². The number of benzene rings is 2. The van der Waals surface area contributed by atoms with Crippen molar-refractivity contribution < 1.29 is 4.79 Å². The van der Waals surface area contributed by atoms with Crippen molar-refractivity contribution in [2.75, 3.05) is 58.3 Å². The summed E-state index contributed by atoms with van der Waals surface area (Å²) in [6, 6.07) is 18.3. The highest BCUT2D eigenvalue weighted by Gasteiger charge is 2.16. The Morgan fingerprint density at radius 2 is 1.56 bits per heavy atom. The molecule has 1 fully saturated rings. The predicted octanol–water partition coefficient (Wildman–Crippen LogP) is 2.30. The van der Waals surface area contributed by atoms with Crippen molar-refractivity contribution in [3.05, 3.63) is 65.7 Å². The molecule has 1 aliphatic rings. The van der Waals surface area contributed by atoms with E-state index in [1.165, 1.54) is 5.56 Å². The Labute approximate surface area is 162 Å². The summed E-state index contributed by atoms with van der Waals surface area (Å²) in [7, 11) is 3.99. The van der Waals surface area contributed by atoms with Crippen LogP contribution >= 0.6 is 0 Å². The lowest BCUT2D eigenvalue weighted by molar-refractivity contribution is 0.0934. The van der Waals surface area contributed by atoms with Crippen LogP contribution in [-0.4, -0.2) is 69.1 Å². The lowest BCUT2D eigenvalue weighted by atomic mass is 10.2. The Balaban J connectivity index is 1.36. The average Bonchev–Trinajstić information content (AvgIpc) is 2.70. The molecule has 5 heteroatoms. The van der Waals surface area contributed by atoms with E-state index in [4.69, 9.17) is 0 Å². The SMILES string of the molecule is CN(C)c1ccc(C(=O)NCCN2CCN(Cc3ccccc3)CC2)cc1. The lowest BCUT2D eigenvalue weighted by Crippen LogP contribution is -2.48. The number of carbonyl (C=O) groups excluding carboxylic acids is 1. The minimum atomic E-state index is 0.00280. The van der Waals surface area contributed by atoms with Crippen molar-refractivity contribution in [3.63, 3.8) is 0 Å². The topological polar surface area (TPSA) is 38.8 Å². The molecule has 0 saturated carbocycles. The van der Waals surface area contributed by atoms with Gasteiger partial charge in [0, 0.05) is 71.2 Å². The van der Waals surface area contributed by atoms with Crippen molar-refractivity contribution in [3.8, 4) is 0 Å². The summed E-state index contributed by atoms with van der Waals surface area (Å²) in [6.07, 6.45) is 0. The van der Waals surface area contributed by atoms with Gasteiger partial charge in [-0.3, -0.25) is 14.6 Å². The fraction of sp³-hybridized carbons (Fsp3) is 0.409. The molecular formula is C22H30N4O. The van der Waals surface area contributed by atoms with E-state index in [0.717, 1.165) is 45.0 Å². The zero-order chi connectivity index (χ0) is 19.1. The van der Waals surface area contributed by atoms with E-state index in [2.05, 4.69) is 45.4 Å². The Bertz CT molecular complexity index is 707. The maximum atomic E-state index is 12.3. The first kappa shape index (κ1) is 19.4. The van der Waals surface area contributed by atoms with Crippen LogP contribution in [0.15, 0.2) is 54.6 Å². The quantitative estimate of drug-likeness (QED) is 0.816. The summed E-state index contributed by atoms with van der Waals surface area (Å²) in [5.41, 5.74) is 3.19. The highest BCUT2D eigenvalue weighted by Crippen LogP contribution is 2.12. The summed E-state index contributed by atoms with van der Waals surface area (Å²) in [5.74, 6) is 0.00280. The maximum absolute atomic E-state index is 12.3. The molecule has 1 N–H and O–H groups in total. The van der Waals surface area contributed by atoms with Gasteiger partial charge in [0.1, 0.15) is 0 Å². The Hall–Kier alpha value is -2.37. The molecule has 2 aromatic rings. The highest BCUT2D eigenvalue weighted by molar-refractivity contribution is 5.94. The third kappa shape index (κ3) is 5.81. The molecule has 0 atom stereocenters. The van der Waals surface area contributed by atoms with E-state index in [0.29, 0.717) is 12.1 Å². The second-order valence-corrected chi connectivity index (χ2v) is 7.30. The summed E-state index contributed by atoms with van der Waals surface area (Å²) in [4.78, 5) is 19.2. The smallest absolute Gasteiger partial charge is 0.251 e. The van der Waals surface area contributed by atoms with Crippen molar-refractivity contribution in [1.29, 1.82) is 0 Å². The number of hydrogen-bond donors (Lipinski definition) is 1. The minimum absolute atomic E-state index is 0.00280. The summed E-state index contributed by atoms with van der Waals surface area (Å²) >= 11 is 0. The standard InChI is InChI=1S/C22H30N4O/c1-24(2)21-10-8-20(9-11-21)22(27)23-12-13-25-14-16-26(17-15-25)18-19-6-4-3-5-7-19/h3-11H,12-18H2,1-2H3,(H,23,27). The average molecular weight is 367 g/mol. The zero-order valence-corrected chi connectivity index (χ0v) is 16.4. The van der Waals surface area contributed by atoms with E-state index in [9.17, 15) is 4.79 Å². The van der Waals surface area contributed by atoms with Gasteiger partial charge in [-0.15, -0.1) is 0 Å². The van der Waals surface area contributed by atoms with Crippen LogP contribution in [0.2, 0.25) is 0 Å². The monoisotopic (exact) mass is 366 g/mol. The Kier molecular flexibility index (Phi) is 6.85. The first-order chi connectivity index (χ1) is 13.1. The van der Waals surface area contributed by atoms with Crippen LogP contribution in [0.25, 0.3) is 0 Å². The van der Waals surface area contributed by atoms with E-state index < -0.39 is 0 Å². The fourth-order valence-corrected chi connectivity index (χ4v) is 3.35. The largest absolute Gasteiger partial charge is 0.378 e. The van der Waals surface area contributed by atoms with Crippen LogP contribution in [0, 0.1) is 0 Å². The fourth-order valence-electron chi connectivity index (χ4n) is 3.35. The van der Waals surface area contributed by atoms with E-state index in [1.807, 2.05) is 43.3 Å². The number of piperazine rings is 1. The molecule has 1 aliphatic heterocycles. The Morgan fingerprint density at radius 1 is 0.926 bits per heavy atom. The number of nitrogens with one attached hydrogen (secondary N) is 1. The van der Waals surface area contributed by atoms with Gasteiger partial charge in [0.05, 0.1) is 0 Å². The normalized spacial score (nSPS) is 15.5. The molecule has 0 radical (unpaired) electrons. The second-order valence-electron chi connectivity index (χ2n) is 7.30. The second kappa shape index (κ2) is 9.53. The van der Waals surface area contributed by atoms with E-state index in [-0.39, 0.29) is 5.91 Å². The predicted molar refractivity (Wildman–Crippen MR) is 111 cm³/mol. The molecule has 0 spiro atoms. The van der Waals surface area contributed by atoms with Gasteiger partial charge in [-0.2, -0.15) is 0 Å². The van der Waals surface area contributed by atoms with Gasteiger partial charge in [0.15, 0.2) is 0 Å². The van der Waals surface area contributed by atoms with Gasteiger partial charge in [-0.05, 0) is 29.8 Å². The van der Waals surface area contributed by atoms with Gasteiger partial charge in [-0.1, -0.05) is 30.3 Å². The van der Waals surface area contributed by atoms with E-state index >= 15 is 0 Å². The van der Waals surface area contributed by atoms with Crippen molar-refractivity contribution >= 4 is 11.6 Å². The van der Waals surface area contributed by atoms with Crippen LogP contribution in [-0.2, 0) is 6.54 Å². The number of rotatable bonds is 7. The van der Waals surface area contributed by atoms with Gasteiger partial charge in [0.25, 0.3) is 5.91 Å². The molecule has 1 heterocycles. The van der Waals surface area contributed by atoms with Crippen LogP contribution in [0.3, 0.4) is 0 Å². The molecule has 0 unspecified atom stereocenters. The molecule has 1 amide bonds. The van der Waals surface area contributed by atoms with Crippen LogP contribution in [0.4, 0.5) is 5.69 Å². The first-order valence-corrected chi connectivity index (χ1v) is 9.66.